The molecule has 2 aromatic carbocycles. The average Bonchev–Trinajstić information content (AvgIpc) is 2.56. The van der Waals surface area contributed by atoms with Crippen molar-refractivity contribution in [2.75, 3.05) is 26.2 Å². The number of aryl methyl sites for hydroxylation is 1. The first-order chi connectivity index (χ1) is 11.9. The van der Waals surface area contributed by atoms with Crippen molar-refractivity contribution in [1.82, 2.24) is 10.2 Å². The molecule has 0 radical (unpaired) electrons. The molecule has 2 aromatic rings. The molecule has 0 amide bonds. The highest BCUT2D eigenvalue weighted by Gasteiger charge is 2.31. The Bertz CT molecular complexity index is 705. The van der Waals surface area contributed by atoms with Crippen molar-refractivity contribution in [3.63, 3.8) is 0 Å². The predicted molar refractivity (Wildman–Crippen MR) is 105 cm³/mol. The Hall–Kier alpha value is -1.47. The number of halogens is 5. The molecule has 1 heterocycles. The first-order valence-corrected chi connectivity index (χ1v) is 8.29. The van der Waals surface area contributed by atoms with E-state index < -0.39 is 6.36 Å². The fourth-order valence-corrected chi connectivity index (χ4v) is 3.25. The van der Waals surface area contributed by atoms with Crippen LogP contribution in [0.5, 0.6) is 5.75 Å². The van der Waals surface area contributed by atoms with Crippen LogP contribution in [0.2, 0.25) is 0 Å². The molecule has 0 saturated carbocycles. The molecule has 1 N–H and O–H groups in total. The van der Waals surface area contributed by atoms with Crippen LogP contribution in [0.15, 0.2) is 48.5 Å². The highest BCUT2D eigenvalue weighted by Crippen LogP contribution is 2.31. The Morgan fingerprint density at radius 2 is 1.59 bits per heavy atom. The zero-order chi connectivity index (χ0) is 17.9. The van der Waals surface area contributed by atoms with Gasteiger partial charge in [-0.05, 0) is 30.2 Å². The summed E-state index contributed by atoms with van der Waals surface area (Å²) in [6.45, 7) is 5.62. The van der Waals surface area contributed by atoms with Gasteiger partial charge >= 0.3 is 6.36 Å². The number of nitrogens with zero attached hydrogens (tertiary/aromatic N) is 1. The summed E-state index contributed by atoms with van der Waals surface area (Å²) < 4.78 is 41.1. The van der Waals surface area contributed by atoms with Crippen molar-refractivity contribution < 1.29 is 17.9 Å². The van der Waals surface area contributed by atoms with Crippen molar-refractivity contribution in [2.24, 2.45) is 0 Å². The van der Waals surface area contributed by atoms with E-state index in [2.05, 4.69) is 27.1 Å². The molecule has 0 bridgehead atoms. The molecule has 8 heteroatoms. The van der Waals surface area contributed by atoms with Crippen LogP contribution in [0, 0.1) is 6.92 Å². The zero-order valence-corrected chi connectivity index (χ0v) is 16.5. The zero-order valence-electron chi connectivity index (χ0n) is 14.8. The highest BCUT2D eigenvalue weighted by molar-refractivity contribution is 5.85. The van der Waals surface area contributed by atoms with Gasteiger partial charge in [0.25, 0.3) is 0 Å². The van der Waals surface area contributed by atoms with Gasteiger partial charge in [-0.2, -0.15) is 0 Å². The molecule has 3 nitrogen and oxygen atoms in total. The molecule has 1 fully saturated rings. The van der Waals surface area contributed by atoms with Crippen LogP contribution in [0.25, 0.3) is 0 Å². The van der Waals surface area contributed by atoms with Gasteiger partial charge < -0.3 is 10.1 Å². The fraction of sp³-hybridized carbons (Fsp3) is 0.368. The van der Waals surface area contributed by atoms with Crippen LogP contribution in [0.1, 0.15) is 22.7 Å². The van der Waals surface area contributed by atoms with E-state index >= 15 is 0 Å². The van der Waals surface area contributed by atoms with Crippen LogP contribution >= 0.6 is 24.8 Å². The van der Waals surface area contributed by atoms with Crippen LogP contribution < -0.4 is 10.1 Å². The molecular formula is C19H23Cl2F3N2O. The first kappa shape index (κ1) is 23.6. The van der Waals surface area contributed by atoms with Crippen LogP contribution in [-0.4, -0.2) is 37.4 Å². The molecule has 150 valence electrons. The fourth-order valence-electron chi connectivity index (χ4n) is 3.25. The number of alkyl halides is 3. The Morgan fingerprint density at radius 1 is 0.963 bits per heavy atom. The second-order valence-corrected chi connectivity index (χ2v) is 6.22. The summed E-state index contributed by atoms with van der Waals surface area (Å²) in [7, 11) is 0. The summed E-state index contributed by atoms with van der Waals surface area (Å²) in [5.74, 6) is -0.195. The van der Waals surface area contributed by atoms with Gasteiger partial charge in [-0.3, -0.25) is 4.90 Å². The van der Waals surface area contributed by atoms with Gasteiger partial charge in [0.1, 0.15) is 5.75 Å². The monoisotopic (exact) mass is 422 g/mol. The van der Waals surface area contributed by atoms with Gasteiger partial charge in [-0.1, -0.05) is 42.0 Å². The quantitative estimate of drug-likeness (QED) is 0.770. The van der Waals surface area contributed by atoms with E-state index in [0.29, 0.717) is 0 Å². The van der Waals surface area contributed by atoms with E-state index in [0.717, 1.165) is 42.9 Å². The molecule has 3 rings (SSSR count). The molecule has 1 aliphatic rings. The largest absolute Gasteiger partial charge is 0.573 e. The number of hydrogen-bond donors (Lipinski definition) is 1. The number of rotatable bonds is 4. The lowest BCUT2D eigenvalue weighted by atomic mass is 9.95. The van der Waals surface area contributed by atoms with E-state index in [9.17, 15) is 13.2 Å². The Kier molecular flexibility index (Phi) is 8.88. The maximum Gasteiger partial charge on any atom is 0.573 e. The van der Waals surface area contributed by atoms with Crippen molar-refractivity contribution in [1.29, 1.82) is 0 Å². The Labute approximate surface area is 169 Å². The van der Waals surface area contributed by atoms with Gasteiger partial charge in [0.2, 0.25) is 0 Å². The predicted octanol–water partition coefficient (Wildman–Crippen LogP) is 4.73. The second kappa shape index (κ2) is 10.2. The third kappa shape index (κ3) is 6.57. The maximum absolute atomic E-state index is 12.4. The lowest BCUT2D eigenvalue weighted by Crippen LogP contribution is -2.45. The van der Waals surface area contributed by atoms with Crippen molar-refractivity contribution >= 4 is 24.8 Å². The number of nitrogens with one attached hydrogen (secondary N) is 1. The normalized spacial score (nSPS) is 16.0. The van der Waals surface area contributed by atoms with E-state index in [1.807, 2.05) is 19.1 Å². The standard InChI is InChI=1S/C19H21F3N2O.2ClH/c1-14-3-2-4-16(13-14)18(24-11-9-23-10-12-24)15-5-7-17(8-6-15)25-19(20,21)22;;/h2-8,13,18,23H,9-12H2,1H3;2*1H/t18-;;/m0../s1. The highest BCUT2D eigenvalue weighted by atomic mass is 35.5. The third-order valence-electron chi connectivity index (χ3n) is 4.30. The number of piperazine rings is 1. The summed E-state index contributed by atoms with van der Waals surface area (Å²) in [4.78, 5) is 2.35. The van der Waals surface area contributed by atoms with Gasteiger partial charge in [-0.15, -0.1) is 38.0 Å². The Balaban J connectivity index is 0.00000182. The first-order valence-electron chi connectivity index (χ1n) is 8.29. The van der Waals surface area contributed by atoms with Gasteiger partial charge in [0.05, 0.1) is 6.04 Å². The lowest BCUT2D eigenvalue weighted by Gasteiger charge is -2.35. The maximum atomic E-state index is 12.4. The minimum Gasteiger partial charge on any atom is -0.406 e. The van der Waals surface area contributed by atoms with Crippen LogP contribution in [0.3, 0.4) is 0 Å². The molecule has 1 atom stereocenters. The van der Waals surface area contributed by atoms with Gasteiger partial charge in [0, 0.05) is 26.2 Å². The Morgan fingerprint density at radius 3 is 2.15 bits per heavy atom. The summed E-state index contributed by atoms with van der Waals surface area (Å²) in [5.41, 5.74) is 3.27. The van der Waals surface area contributed by atoms with Gasteiger partial charge in [-0.25, -0.2) is 0 Å². The summed E-state index contributed by atoms with van der Waals surface area (Å²) >= 11 is 0. The molecule has 1 aliphatic heterocycles. The number of benzene rings is 2. The van der Waals surface area contributed by atoms with Crippen LogP contribution in [0.4, 0.5) is 13.2 Å². The molecular weight excluding hydrogens is 400 g/mol. The minimum atomic E-state index is -4.67. The van der Waals surface area contributed by atoms with Crippen LogP contribution in [-0.2, 0) is 0 Å². The summed E-state index contributed by atoms with van der Waals surface area (Å²) in [6, 6.07) is 14.5. The SMILES string of the molecule is Cc1cccc([C@H](c2ccc(OC(F)(F)F)cc2)N2CCNCC2)c1.Cl.Cl. The average molecular weight is 423 g/mol. The van der Waals surface area contributed by atoms with E-state index in [-0.39, 0.29) is 36.6 Å². The molecule has 0 aliphatic carbocycles. The summed E-state index contributed by atoms with van der Waals surface area (Å²) in [5, 5.41) is 3.33. The van der Waals surface area contributed by atoms with Crippen molar-refractivity contribution in [3.8, 4) is 5.75 Å². The minimum absolute atomic E-state index is 0. The smallest absolute Gasteiger partial charge is 0.406 e. The second-order valence-electron chi connectivity index (χ2n) is 6.22. The topological polar surface area (TPSA) is 24.5 Å². The van der Waals surface area contributed by atoms with Gasteiger partial charge in [0.15, 0.2) is 0 Å². The van der Waals surface area contributed by atoms with Crippen molar-refractivity contribution in [2.45, 2.75) is 19.3 Å². The molecule has 0 aromatic heterocycles. The van der Waals surface area contributed by atoms with Crippen molar-refractivity contribution in [3.05, 3.63) is 65.2 Å². The molecule has 0 unspecified atom stereocenters. The molecule has 1 saturated heterocycles. The number of ether oxygens (including phenoxy) is 1. The molecule has 0 spiro atoms. The third-order valence-corrected chi connectivity index (χ3v) is 4.30. The van der Waals surface area contributed by atoms with E-state index in [1.54, 1.807) is 12.1 Å². The van der Waals surface area contributed by atoms with E-state index in [1.165, 1.54) is 12.1 Å². The lowest BCUT2D eigenvalue weighted by molar-refractivity contribution is -0.274. The molecule has 27 heavy (non-hydrogen) atoms. The number of hydrogen-bond acceptors (Lipinski definition) is 3. The summed E-state index contributed by atoms with van der Waals surface area (Å²) in [6.07, 6.45) is -4.67. The van der Waals surface area contributed by atoms with E-state index in [4.69, 9.17) is 0 Å².